The Bertz CT molecular complexity index is 3210. The van der Waals surface area contributed by atoms with Crippen molar-refractivity contribution < 1.29 is 92.0 Å². The average molecular weight is 1110 g/mol. The summed E-state index contributed by atoms with van der Waals surface area (Å²) in [6.45, 7) is 16.6. The molecule has 3 aliphatic heterocycles. The summed E-state index contributed by atoms with van der Waals surface area (Å²) in [5.74, 6) is 7.38. The van der Waals surface area contributed by atoms with E-state index in [-0.39, 0.29) is 79.4 Å². The molecular weight excluding hydrogens is 1040 g/mol. The molecule has 0 aliphatic carbocycles. The standard InChI is InChI=1S/C21H20N2O4.C20H20O4.C12H16O2.C8H6O3.ClH.Na.H2O/c1-13(2)11-25-18-6-4-3-5-15(18)17-10-16(22-21(24)23-17)14-7-8-19-20(9-14)27-12-26-19;1-14(2)12-22-18-6-4-3-5-16(18)17(21)9-7-15-8-10-19-20(11-15)24-13-23-19;1-9(2)8-14-12-7-5-4-6-11(12)10(3)13;9-4-6-1-2-7-8(3-6)11-5-10-7;;;/h3-10,13H,11-12H2,1-2H3,(H,22,23,24);3-11,14H,12-13H2,1-2H3;4-7,9H,8H2,1-3H3;1-4H,5H2;1H;;1H2/q;;;;;+1;/p-1/b;9-7+;;;;;. The number of carbonyl (C=O) groups is 3. The molecule has 0 unspecified atom stereocenters. The first-order chi connectivity index (χ1) is 36.7. The van der Waals surface area contributed by atoms with Crippen LogP contribution in [0.3, 0.4) is 0 Å². The van der Waals surface area contributed by atoms with Crippen LogP contribution in [0, 0.1) is 17.8 Å². The molecule has 0 atom stereocenters. The number of fused-ring (bicyclic) bond motifs is 3. The summed E-state index contributed by atoms with van der Waals surface area (Å²) in [7, 11) is 0. The van der Waals surface area contributed by atoms with E-state index in [9.17, 15) is 19.2 Å². The van der Waals surface area contributed by atoms with Crippen LogP contribution in [-0.4, -0.2) is 73.5 Å². The van der Waals surface area contributed by atoms with Gasteiger partial charge in [-0.05, 0) is 127 Å². The monoisotopic (exact) mass is 1110 g/mol. The fraction of sp³-hybridized carbons (Fsp3) is 0.262. The van der Waals surface area contributed by atoms with Gasteiger partial charge in [0.05, 0.1) is 42.3 Å². The van der Waals surface area contributed by atoms with Crippen molar-refractivity contribution in [3.63, 3.8) is 0 Å². The Morgan fingerprint density at radius 2 is 1.01 bits per heavy atom. The van der Waals surface area contributed by atoms with Gasteiger partial charge in [0.15, 0.2) is 46.1 Å². The van der Waals surface area contributed by atoms with Gasteiger partial charge in [0.2, 0.25) is 20.4 Å². The number of Topliss-reactive ketones (excluding diaryl/α,β-unsaturated/α-hetero) is 1. The molecule has 0 bridgehead atoms. The number of nitrogens with one attached hydrogen (secondary N) is 1. The van der Waals surface area contributed by atoms with Crippen molar-refractivity contribution in [2.75, 3.05) is 40.2 Å². The van der Waals surface area contributed by atoms with Crippen molar-refractivity contribution in [2.45, 2.75) is 48.5 Å². The third-order valence-electron chi connectivity index (χ3n) is 11.1. The van der Waals surface area contributed by atoms with E-state index in [1.54, 1.807) is 49.4 Å². The molecule has 0 saturated carbocycles. The van der Waals surface area contributed by atoms with Gasteiger partial charge in [0.25, 0.3) is 0 Å². The van der Waals surface area contributed by atoms with Gasteiger partial charge in [0.1, 0.15) is 23.5 Å². The topological polar surface area (TPSA) is 210 Å². The molecule has 0 spiro atoms. The minimum absolute atomic E-state index is 0. The van der Waals surface area contributed by atoms with Crippen LogP contribution in [0.2, 0.25) is 0 Å². The summed E-state index contributed by atoms with van der Waals surface area (Å²) < 4.78 is 48.7. The van der Waals surface area contributed by atoms with Crippen LogP contribution in [0.1, 0.15) is 85.1 Å². The quantitative estimate of drug-likeness (QED) is 0.0413. The number of allylic oxidation sites excluding steroid dienone is 1. The van der Waals surface area contributed by atoms with Gasteiger partial charge >= 0.3 is 35.2 Å². The number of carbonyl (C=O) groups excluding carboxylic acids is 3. The molecule has 0 saturated heterocycles. The molecule has 3 aliphatic rings. The normalized spacial score (nSPS) is 11.8. The van der Waals surface area contributed by atoms with Gasteiger partial charge in [-0.1, -0.05) is 90.1 Å². The zero-order chi connectivity index (χ0) is 54.0. The van der Waals surface area contributed by atoms with Gasteiger partial charge in [-0.25, -0.2) is 4.79 Å². The Balaban J connectivity index is 0.000000236. The number of aromatic amines is 1. The number of ketones is 2. The van der Waals surface area contributed by atoms with Crippen LogP contribution in [0.15, 0.2) is 144 Å². The molecule has 7 aromatic rings. The maximum Gasteiger partial charge on any atom is 1.00 e. The smallest absolute Gasteiger partial charge is 0.870 e. The van der Waals surface area contributed by atoms with Gasteiger partial charge in [-0.15, -0.1) is 12.4 Å². The SMILES string of the molecule is CC(=O)c1ccccc1OCC(C)C.CC(C)COc1ccccc1-c1cc(-c2ccc3c(c2)OCO3)nc(=O)[nH]1.CC(C)COc1ccccc1C(=O)/C=C/c1ccc2c(c1)OCO2.Cl.O=Cc1ccc2c(c1)OCO2.[Na+].[OH-]. The van der Waals surface area contributed by atoms with Crippen molar-refractivity contribution in [1.82, 2.24) is 9.97 Å². The van der Waals surface area contributed by atoms with Crippen LogP contribution < -0.4 is 77.9 Å². The second-order valence-electron chi connectivity index (χ2n) is 18.8. The van der Waals surface area contributed by atoms with E-state index in [1.165, 1.54) is 0 Å². The molecule has 0 fully saturated rings. The van der Waals surface area contributed by atoms with Crippen LogP contribution in [0.5, 0.6) is 51.7 Å². The summed E-state index contributed by atoms with van der Waals surface area (Å²) in [5.41, 5.74) is 5.11. The number of hydrogen-bond acceptors (Lipinski definition) is 15. The Morgan fingerprint density at radius 1 is 0.570 bits per heavy atom. The number of nitrogens with zero attached hydrogens (tertiary/aromatic N) is 1. The fourth-order valence-corrected chi connectivity index (χ4v) is 7.34. The van der Waals surface area contributed by atoms with E-state index in [1.807, 2.05) is 103 Å². The molecule has 18 heteroatoms. The largest absolute Gasteiger partial charge is 1.00 e. The van der Waals surface area contributed by atoms with Crippen molar-refractivity contribution in [2.24, 2.45) is 17.8 Å². The first-order valence-electron chi connectivity index (χ1n) is 24.9. The maximum absolute atomic E-state index is 12.5. The zero-order valence-corrected chi connectivity index (χ0v) is 48.3. The van der Waals surface area contributed by atoms with Crippen molar-refractivity contribution in [3.05, 3.63) is 172 Å². The zero-order valence-electron chi connectivity index (χ0n) is 45.5. The van der Waals surface area contributed by atoms with Gasteiger partial charge in [-0.2, -0.15) is 4.98 Å². The average Bonchev–Trinajstić information content (AvgIpc) is 4.24. The van der Waals surface area contributed by atoms with E-state index < -0.39 is 5.69 Å². The Labute approximate surface area is 488 Å². The van der Waals surface area contributed by atoms with Crippen LogP contribution in [0.4, 0.5) is 0 Å². The van der Waals surface area contributed by atoms with Crippen molar-refractivity contribution >= 4 is 36.3 Å². The second-order valence-corrected chi connectivity index (χ2v) is 18.8. The number of ether oxygens (including phenoxy) is 9. The number of rotatable bonds is 16. The van der Waals surface area contributed by atoms with Crippen molar-refractivity contribution in [1.29, 1.82) is 0 Å². The first-order valence-corrected chi connectivity index (χ1v) is 24.9. The molecule has 0 radical (unpaired) electrons. The molecular formula is C61H64ClN2NaO14. The fourth-order valence-electron chi connectivity index (χ4n) is 7.34. The minimum Gasteiger partial charge on any atom is -0.870 e. The molecule has 0 amide bonds. The van der Waals surface area contributed by atoms with Crippen LogP contribution in [0.25, 0.3) is 28.6 Å². The van der Waals surface area contributed by atoms with E-state index in [0.717, 1.165) is 34.5 Å². The molecule has 2 N–H and O–H groups in total. The number of hydrogen-bond donors (Lipinski definition) is 1. The number of halogens is 1. The summed E-state index contributed by atoms with van der Waals surface area (Å²) in [4.78, 5) is 53.2. The van der Waals surface area contributed by atoms with Crippen molar-refractivity contribution in [3.8, 4) is 74.3 Å². The summed E-state index contributed by atoms with van der Waals surface area (Å²) in [6.07, 6.45) is 4.10. The van der Waals surface area contributed by atoms with Gasteiger partial charge in [0, 0.05) is 16.7 Å². The van der Waals surface area contributed by atoms with Crippen LogP contribution >= 0.6 is 12.4 Å². The Kier molecular flexibility index (Phi) is 25.7. The predicted molar refractivity (Wildman–Crippen MR) is 299 cm³/mol. The minimum atomic E-state index is -0.418. The Morgan fingerprint density at radius 3 is 1.56 bits per heavy atom. The number of aldehydes is 1. The molecule has 16 nitrogen and oxygen atoms in total. The second kappa shape index (κ2) is 31.7. The Hall–Kier alpha value is -7.60. The summed E-state index contributed by atoms with van der Waals surface area (Å²) in [6, 6.07) is 40.3. The van der Waals surface area contributed by atoms with E-state index in [2.05, 4.69) is 51.5 Å². The molecule has 79 heavy (non-hydrogen) atoms. The van der Waals surface area contributed by atoms with E-state index >= 15 is 0 Å². The molecule has 410 valence electrons. The van der Waals surface area contributed by atoms with Gasteiger partial charge < -0.3 is 53.1 Å². The number of para-hydroxylation sites is 3. The van der Waals surface area contributed by atoms with E-state index in [0.29, 0.717) is 106 Å². The predicted octanol–water partition coefficient (Wildman–Crippen LogP) is 9.61. The van der Waals surface area contributed by atoms with Gasteiger partial charge in [-0.3, -0.25) is 14.4 Å². The number of benzene rings is 6. The summed E-state index contributed by atoms with van der Waals surface area (Å²) >= 11 is 0. The third-order valence-corrected chi connectivity index (χ3v) is 11.1. The number of H-pyrrole nitrogens is 1. The maximum atomic E-state index is 12.5. The first kappa shape index (κ1) is 63.9. The van der Waals surface area contributed by atoms with Crippen LogP contribution in [-0.2, 0) is 0 Å². The molecule has 4 heterocycles. The third kappa shape index (κ3) is 18.8. The molecule has 1 aromatic heterocycles. The summed E-state index contributed by atoms with van der Waals surface area (Å²) in [5, 5.41) is 0. The molecule has 6 aromatic carbocycles. The molecule has 10 rings (SSSR count). The van der Waals surface area contributed by atoms with E-state index in [4.69, 9.17) is 42.6 Å². The number of aromatic nitrogens is 2.